The average Bonchev–Trinajstić information content (AvgIpc) is 1.87. The molecule has 1 atom stereocenters. The molecule has 1 fully saturated rings. The first-order valence-electron chi connectivity index (χ1n) is 4.09. The van der Waals surface area contributed by atoms with Gasteiger partial charge in [0.1, 0.15) is 0 Å². The summed E-state index contributed by atoms with van der Waals surface area (Å²) in [5, 5.41) is 9.73. The van der Waals surface area contributed by atoms with Crippen molar-refractivity contribution in [2.45, 2.75) is 36.5 Å². The Balaban J connectivity index is 2.46. The van der Waals surface area contributed by atoms with Crippen molar-refractivity contribution in [1.29, 1.82) is 0 Å². The van der Waals surface area contributed by atoms with Crippen LogP contribution >= 0.6 is 11.8 Å². The second-order valence-electron chi connectivity index (χ2n) is 3.16. The highest BCUT2D eigenvalue weighted by Crippen LogP contribution is 2.46. The minimum absolute atomic E-state index is 0.175. The summed E-state index contributed by atoms with van der Waals surface area (Å²) >= 11 is 1.81. The molecule has 0 heterocycles. The predicted molar refractivity (Wildman–Crippen MR) is 50.9 cm³/mol. The quantitative estimate of drug-likeness (QED) is 0.656. The van der Waals surface area contributed by atoms with E-state index < -0.39 is 0 Å². The van der Waals surface area contributed by atoms with Crippen molar-refractivity contribution in [3.8, 4) is 0 Å². The molecular formula is C9H16OS. The van der Waals surface area contributed by atoms with Gasteiger partial charge in [0, 0.05) is 4.75 Å². The van der Waals surface area contributed by atoms with Crippen LogP contribution in [-0.4, -0.2) is 22.2 Å². The summed E-state index contributed by atoms with van der Waals surface area (Å²) < 4.78 is 0.175. The third-order valence-electron chi connectivity index (χ3n) is 2.60. The van der Waals surface area contributed by atoms with Gasteiger partial charge >= 0.3 is 0 Å². The smallest absolute Gasteiger partial charge is 0.0720 e. The molecule has 1 rings (SSSR count). The Morgan fingerprint density at radius 3 is 2.64 bits per heavy atom. The minimum Gasteiger partial charge on any atom is -0.391 e. The highest BCUT2D eigenvalue weighted by molar-refractivity contribution is 8.00. The van der Waals surface area contributed by atoms with Crippen LogP contribution in [0.1, 0.15) is 25.7 Å². The van der Waals surface area contributed by atoms with Gasteiger partial charge in [-0.3, -0.25) is 0 Å². The normalized spacial score (nSPS) is 23.8. The second-order valence-corrected chi connectivity index (χ2v) is 4.38. The molecule has 0 aromatic heterocycles. The molecule has 1 aliphatic carbocycles. The van der Waals surface area contributed by atoms with Crippen LogP contribution in [0.25, 0.3) is 0 Å². The fraction of sp³-hybridized carbons (Fsp3) is 0.778. The summed E-state index contributed by atoms with van der Waals surface area (Å²) in [4.78, 5) is 0. The molecule has 0 amide bonds. The minimum atomic E-state index is -0.177. The molecule has 1 N–H and O–H groups in total. The first-order chi connectivity index (χ1) is 5.25. The van der Waals surface area contributed by atoms with E-state index >= 15 is 0 Å². The summed E-state index contributed by atoms with van der Waals surface area (Å²) in [6, 6.07) is 0. The van der Waals surface area contributed by atoms with E-state index in [4.69, 9.17) is 0 Å². The van der Waals surface area contributed by atoms with Crippen LogP contribution < -0.4 is 0 Å². The Morgan fingerprint density at radius 1 is 1.73 bits per heavy atom. The highest BCUT2D eigenvalue weighted by atomic mass is 32.2. The molecule has 1 nitrogen and oxygen atoms in total. The summed E-state index contributed by atoms with van der Waals surface area (Å²) in [6.07, 6.45) is 8.07. The fourth-order valence-corrected chi connectivity index (χ4v) is 2.64. The van der Waals surface area contributed by atoms with Crippen molar-refractivity contribution in [3.63, 3.8) is 0 Å². The predicted octanol–water partition coefficient (Wildman–Crippen LogP) is 2.21. The van der Waals surface area contributed by atoms with Crippen molar-refractivity contribution >= 4 is 11.8 Å². The van der Waals surface area contributed by atoms with Crippen LogP contribution in [0, 0.1) is 0 Å². The van der Waals surface area contributed by atoms with Crippen LogP contribution in [0.3, 0.4) is 0 Å². The summed E-state index contributed by atoms with van der Waals surface area (Å²) in [7, 11) is 0. The first-order valence-corrected chi connectivity index (χ1v) is 5.32. The molecule has 1 saturated carbocycles. The zero-order valence-electron chi connectivity index (χ0n) is 7.05. The Kier molecular flexibility index (Phi) is 3.02. The van der Waals surface area contributed by atoms with E-state index in [2.05, 4.69) is 12.8 Å². The zero-order chi connectivity index (χ0) is 8.32. The van der Waals surface area contributed by atoms with Crippen LogP contribution in [-0.2, 0) is 0 Å². The maximum absolute atomic E-state index is 9.73. The summed E-state index contributed by atoms with van der Waals surface area (Å²) in [5.41, 5.74) is 0. The lowest BCUT2D eigenvalue weighted by atomic mass is 9.79. The van der Waals surface area contributed by atoms with E-state index in [9.17, 15) is 5.11 Å². The van der Waals surface area contributed by atoms with Crippen molar-refractivity contribution in [2.24, 2.45) is 0 Å². The van der Waals surface area contributed by atoms with Crippen molar-refractivity contribution in [3.05, 3.63) is 12.7 Å². The van der Waals surface area contributed by atoms with Gasteiger partial charge in [-0.05, 0) is 25.5 Å². The van der Waals surface area contributed by atoms with Gasteiger partial charge in [-0.15, -0.1) is 6.58 Å². The second kappa shape index (κ2) is 3.63. The summed E-state index contributed by atoms with van der Waals surface area (Å²) in [6.45, 7) is 3.64. The Morgan fingerprint density at radius 2 is 2.36 bits per heavy atom. The monoisotopic (exact) mass is 172 g/mol. The van der Waals surface area contributed by atoms with Crippen molar-refractivity contribution < 1.29 is 5.11 Å². The molecule has 0 bridgehead atoms. The van der Waals surface area contributed by atoms with Gasteiger partial charge in [0.05, 0.1) is 6.10 Å². The van der Waals surface area contributed by atoms with Gasteiger partial charge in [-0.2, -0.15) is 11.8 Å². The molecule has 2 heteroatoms. The lowest BCUT2D eigenvalue weighted by molar-refractivity contribution is 0.0901. The third-order valence-corrected chi connectivity index (χ3v) is 4.10. The van der Waals surface area contributed by atoms with Gasteiger partial charge < -0.3 is 5.11 Å². The molecular weight excluding hydrogens is 156 g/mol. The molecule has 0 aromatic rings. The van der Waals surface area contributed by atoms with E-state index in [1.807, 2.05) is 11.8 Å². The van der Waals surface area contributed by atoms with Crippen LogP contribution in [0.5, 0.6) is 0 Å². The zero-order valence-corrected chi connectivity index (χ0v) is 7.86. The molecule has 0 aliphatic heterocycles. The van der Waals surface area contributed by atoms with Gasteiger partial charge in [-0.25, -0.2) is 0 Å². The molecule has 0 aromatic carbocycles. The maximum atomic E-state index is 9.73. The molecule has 11 heavy (non-hydrogen) atoms. The van der Waals surface area contributed by atoms with Crippen LogP contribution in [0.2, 0.25) is 0 Å². The van der Waals surface area contributed by atoms with E-state index in [0.717, 1.165) is 6.42 Å². The van der Waals surface area contributed by atoms with Gasteiger partial charge in [0.2, 0.25) is 0 Å². The van der Waals surface area contributed by atoms with E-state index in [1.54, 1.807) is 6.08 Å². The number of thioether (sulfide) groups is 1. The lowest BCUT2D eigenvalue weighted by Crippen LogP contribution is -2.44. The van der Waals surface area contributed by atoms with Crippen LogP contribution in [0.4, 0.5) is 0 Å². The fourth-order valence-electron chi connectivity index (χ4n) is 1.57. The van der Waals surface area contributed by atoms with E-state index in [1.165, 1.54) is 19.3 Å². The Bertz CT molecular complexity index is 135. The largest absolute Gasteiger partial charge is 0.391 e. The van der Waals surface area contributed by atoms with Gasteiger partial charge in [0.25, 0.3) is 0 Å². The van der Waals surface area contributed by atoms with Gasteiger partial charge in [0.15, 0.2) is 0 Å². The topological polar surface area (TPSA) is 20.2 Å². The van der Waals surface area contributed by atoms with Gasteiger partial charge in [-0.1, -0.05) is 12.5 Å². The summed E-state index contributed by atoms with van der Waals surface area (Å²) in [5.74, 6) is 0. The highest BCUT2D eigenvalue weighted by Gasteiger charge is 2.41. The Labute approximate surface area is 72.9 Å². The van der Waals surface area contributed by atoms with Crippen LogP contribution in [0.15, 0.2) is 12.7 Å². The molecule has 0 radical (unpaired) electrons. The van der Waals surface area contributed by atoms with Crippen molar-refractivity contribution in [1.82, 2.24) is 0 Å². The van der Waals surface area contributed by atoms with E-state index in [0.29, 0.717) is 0 Å². The molecule has 0 spiro atoms. The molecule has 1 aliphatic rings. The lowest BCUT2D eigenvalue weighted by Gasteiger charge is -2.43. The maximum Gasteiger partial charge on any atom is 0.0720 e. The molecule has 64 valence electrons. The number of hydrogen-bond acceptors (Lipinski definition) is 2. The SMILES string of the molecule is C=CCC(O)C1(SC)CCC1. The number of aliphatic hydroxyl groups is 1. The number of rotatable bonds is 4. The van der Waals surface area contributed by atoms with E-state index in [-0.39, 0.29) is 10.9 Å². The Hall–Kier alpha value is 0.0500. The first kappa shape index (κ1) is 9.14. The number of aliphatic hydroxyl groups excluding tert-OH is 1. The molecule has 0 saturated heterocycles. The third kappa shape index (κ3) is 1.62. The van der Waals surface area contributed by atoms with Crippen molar-refractivity contribution in [2.75, 3.05) is 6.26 Å². The standard InChI is InChI=1S/C9H16OS/c1-3-5-8(10)9(11-2)6-4-7-9/h3,8,10H,1,4-7H2,2H3. The average molecular weight is 172 g/mol. The number of hydrogen-bond donors (Lipinski definition) is 1. The molecule has 1 unspecified atom stereocenters.